The first-order valence-corrected chi connectivity index (χ1v) is 5.89. The smallest absolute Gasteiger partial charge is 0.325 e. The van der Waals surface area contributed by atoms with Gasteiger partial charge >= 0.3 is 5.97 Å². The molecule has 0 amide bonds. The Bertz CT molecular complexity index is 509. The first kappa shape index (κ1) is 13.3. The summed E-state index contributed by atoms with van der Waals surface area (Å²) in [5, 5.41) is 31.1. The van der Waals surface area contributed by atoms with Gasteiger partial charge in [0.05, 0.1) is 12.1 Å². The van der Waals surface area contributed by atoms with Crippen LogP contribution in [-0.2, 0) is 4.79 Å². The van der Waals surface area contributed by atoms with E-state index in [1.807, 2.05) is 0 Å². The zero-order valence-corrected chi connectivity index (χ0v) is 10.1. The Morgan fingerprint density at radius 2 is 1.89 bits per heavy atom. The first-order chi connectivity index (χ1) is 9.08. The molecule has 0 heterocycles. The number of carboxylic acids is 1. The highest BCUT2D eigenvalue weighted by Gasteiger charge is 2.25. The van der Waals surface area contributed by atoms with Gasteiger partial charge in [0.25, 0.3) is 0 Å². The summed E-state index contributed by atoms with van der Waals surface area (Å²) in [4.78, 5) is 11.3. The van der Waals surface area contributed by atoms with Gasteiger partial charge in [0.1, 0.15) is 11.8 Å². The highest BCUT2D eigenvalue weighted by molar-refractivity contribution is 5.75. The number of nitrogens with one attached hydrogen (secondary N) is 1. The highest BCUT2D eigenvalue weighted by atomic mass is 16.4. The molecule has 1 aromatic carbocycles. The summed E-state index contributed by atoms with van der Waals surface area (Å²) in [5.74, 6) is -1.12. The average molecular weight is 261 g/mol. The van der Waals surface area contributed by atoms with Crippen LogP contribution in [0.25, 0.3) is 0 Å². The number of carboxylic acid groups (broad SMARTS) is 1. The SMILES string of the molecule is O=C(O)C(NC1C=CC(O)C=C1O)c1ccccc1. The molecule has 0 radical (unpaired) electrons. The molecule has 3 atom stereocenters. The van der Waals surface area contributed by atoms with E-state index in [0.717, 1.165) is 0 Å². The van der Waals surface area contributed by atoms with Crippen molar-refractivity contribution < 1.29 is 20.1 Å². The lowest BCUT2D eigenvalue weighted by Crippen LogP contribution is -2.38. The van der Waals surface area contributed by atoms with Gasteiger partial charge in [-0.25, -0.2) is 0 Å². The normalized spacial score (nSPS) is 23.7. The quantitative estimate of drug-likeness (QED) is 0.610. The summed E-state index contributed by atoms with van der Waals surface area (Å²) in [6.45, 7) is 0. The van der Waals surface area contributed by atoms with Crippen molar-refractivity contribution in [2.45, 2.75) is 18.2 Å². The van der Waals surface area contributed by atoms with E-state index in [1.165, 1.54) is 12.2 Å². The molecule has 1 aromatic rings. The van der Waals surface area contributed by atoms with Gasteiger partial charge < -0.3 is 15.3 Å². The van der Waals surface area contributed by atoms with Crippen molar-refractivity contribution in [3.05, 3.63) is 59.9 Å². The summed E-state index contributed by atoms with van der Waals surface area (Å²) >= 11 is 0. The number of hydrogen-bond acceptors (Lipinski definition) is 4. The number of carbonyl (C=O) groups is 1. The molecule has 1 aliphatic rings. The van der Waals surface area contributed by atoms with Crippen LogP contribution >= 0.6 is 0 Å². The zero-order chi connectivity index (χ0) is 13.8. The largest absolute Gasteiger partial charge is 0.511 e. The second kappa shape index (κ2) is 5.69. The van der Waals surface area contributed by atoms with Gasteiger partial charge in [-0.3, -0.25) is 10.1 Å². The maximum absolute atomic E-state index is 11.3. The van der Waals surface area contributed by atoms with E-state index >= 15 is 0 Å². The fraction of sp³-hybridized carbons (Fsp3) is 0.214. The van der Waals surface area contributed by atoms with Gasteiger partial charge in [0.15, 0.2) is 0 Å². The van der Waals surface area contributed by atoms with E-state index in [4.69, 9.17) is 0 Å². The topological polar surface area (TPSA) is 89.8 Å². The van der Waals surface area contributed by atoms with Crippen LogP contribution in [0.4, 0.5) is 0 Å². The molecular weight excluding hydrogens is 246 g/mol. The van der Waals surface area contributed by atoms with Crippen molar-refractivity contribution in [2.24, 2.45) is 0 Å². The summed E-state index contributed by atoms with van der Waals surface area (Å²) < 4.78 is 0. The summed E-state index contributed by atoms with van der Waals surface area (Å²) in [6.07, 6.45) is 3.46. The lowest BCUT2D eigenvalue weighted by molar-refractivity contribution is -0.139. The Kier molecular flexibility index (Phi) is 3.99. The third-order valence-electron chi connectivity index (χ3n) is 2.89. The number of aliphatic carboxylic acids is 1. The zero-order valence-electron chi connectivity index (χ0n) is 10.1. The van der Waals surface area contributed by atoms with Crippen LogP contribution < -0.4 is 5.32 Å². The Labute approximate surface area is 110 Å². The molecule has 5 nitrogen and oxygen atoms in total. The lowest BCUT2D eigenvalue weighted by atomic mass is 10.0. The summed E-state index contributed by atoms with van der Waals surface area (Å²) in [5.41, 5.74) is 0.599. The molecule has 100 valence electrons. The van der Waals surface area contributed by atoms with Crippen LogP contribution in [0.1, 0.15) is 11.6 Å². The van der Waals surface area contributed by atoms with Crippen molar-refractivity contribution in [3.8, 4) is 0 Å². The first-order valence-electron chi connectivity index (χ1n) is 5.89. The minimum absolute atomic E-state index is 0.0859. The molecule has 0 aliphatic heterocycles. The molecule has 1 aliphatic carbocycles. The van der Waals surface area contributed by atoms with E-state index < -0.39 is 24.2 Å². The van der Waals surface area contributed by atoms with Crippen LogP contribution in [0.5, 0.6) is 0 Å². The lowest BCUT2D eigenvalue weighted by Gasteiger charge is -2.23. The molecule has 0 spiro atoms. The number of hydrogen-bond donors (Lipinski definition) is 4. The van der Waals surface area contributed by atoms with Crippen molar-refractivity contribution in [3.63, 3.8) is 0 Å². The van der Waals surface area contributed by atoms with Gasteiger partial charge in [-0.2, -0.15) is 0 Å². The number of benzene rings is 1. The molecule has 5 heteroatoms. The van der Waals surface area contributed by atoms with Crippen LogP contribution in [0.15, 0.2) is 54.3 Å². The van der Waals surface area contributed by atoms with Crippen molar-refractivity contribution in [1.29, 1.82) is 0 Å². The molecule has 0 saturated heterocycles. The molecule has 3 unspecified atom stereocenters. The van der Waals surface area contributed by atoms with Crippen LogP contribution in [0.3, 0.4) is 0 Å². The van der Waals surface area contributed by atoms with E-state index in [1.54, 1.807) is 36.4 Å². The molecule has 0 aromatic heterocycles. The Hall–Kier alpha value is -2.11. The average Bonchev–Trinajstić information content (AvgIpc) is 2.38. The standard InChI is InChI=1S/C14H15NO4/c16-10-6-7-11(12(17)8-10)15-13(14(18)19)9-4-2-1-3-5-9/h1-8,10-11,13,15-17H,(H,18,19). The molecular formula is C14H15NO4. The van der Waals surface area contributed by atoms with Gasteiger partial charge in [0, 0.05) is 0 Å². The van der Waals surface area contributed by atoms with Gasteiger partial charge in [-0.1, -0.05) is 42.5 Å². The van der Waals surface area contributed by atoms with Gasteiger partial charge in [0.2, 0.25) is 0 Å². The van der Waals surface area contributed by atoms with Crippen LogP contribution in [-0.4, -0.2) is 33.4 Å². The molecule has 0 saturated carbocycles. The molecule has 4 N–H and O–H groups in total. The van der Waals surface area contributed by atoms with E-state index in [9.17, 15) is 20.1 Å². The van der Waals surface area contributed by atoms with Crippen LogP contribution in [0.2, 0.25) is 0 Å². The summed E-state index contributed by atoms with van der Waals surface area (Å²) in [7, 11) is 0. The maximum Gasteiger partial charge on any atom is 0.325 e. The maximum atomic E-state index is 11.3. The van der Waals surface area contributed by atoms with E-state index in [0.29, 0.717) is 5.56 Å². The molecule has 0 bridgehead atoms. The Morgan fingerprint density at radius 3 is 2.47 bits per heavy atom. The molecule has 19 heavy (non-hydrogen) atoms. The fourth-order valence-electron chi connectivity index (χ4n) is 1.93. The van der Waals surface area contributed by atoms with Crippen molar-refractivity contribution in [1.82, 2.24) is 5.32 Å². The van der Waals surface area contributed by atoms with Crippen molar-refractivity contribution in [2.75, 3.05) is 0 Å². The number of rotatable bonds is 4. The minimum Gasteiger partial charge on any atom is -0.511 e. The van der Waals surface area contributed by atoms with Crippen molar-refractivity contribution >= 4 is 5.97 Å². The Balaban J connectivity index is 2.17. The number of aliphatic hydroxyl groups is 2. The predicted molar refractivity (Wildman–Crippen MR) is 69.6 cm³/mol. The minimum atomic E-state index is -1.03. The second-order valence-corrected chi connectivity index (χ2v) is 4.29. The Morgan fingerprint density at radius 1 is 1.21 bits per heavy atom. The van der Waals surface area contributed by atoms with E-state index in [2.05, 4.69) is 5.32 Å². The summed E-state index contributed by atoms with van der Waals surface area (Å²) in [6, 6.07) is 7.16. The van der Waals surface area contributed by atoms with Gasteiger partial charge in [-0.15, -0.1) is 0 Å². The van der Waals surface area contributed by atoms with Gasteiger partial charge in [-0.05, 0) is 11.6 Å². The molecule has 2 rings (SSSR count). The third kappa shape index (κ3) is 3.21. The fourth-order valence-corrected chi connectivity index (χ4v) is 1.93. The molecule has 0 fully saturated rings. The van der Waals surface area contributed by atoms with E-state index in [-0.39, 0.29) is 5.76 Å². The predicted octanol–water partition coefficient (Wildman–Crippen LogP) is 1.14. The third-order valence-corrected chi connectivity index (χ3v) is 2.89. The second-order valence-electron chi connectivity index (χ2n) is 4.29. The van der Waals surface area contributed by atoms with Crippen LogP contribution in [0, 0.1) is 0 Å². The highest BCUT2D eigenvalue weighted by Crippen LogP contribution is 2.18. The number of aliphatic hydroxyl groups excluding tert-OH is 2. The monoisotopic (exact) mass is 261 g/mol.